The van der Waals surface area contributed by atoms with Crippen LogP contribution in [0, 0.1) is 5.82 Å². The number of hydrogen-bond acceptors (Lipinski definition) is 0. The molecule has 28 heavy (non-hydrogen) atoms. The third kappa shape index (κ3) is 3.91. The van der Waals surface area contributed by atoms with Crippen LogP contribution >= 0.6 is 0 Å². The van der Waals surface area contributed by atoms with E-state index in [1.54, 1.807) is 12.1 Å². The first kappa shape index (κ1) is 17.9. The molecule has 136 valence electrons. The third-order valence-electron chi connectivity index (χ3n) is 4.75. The highest BCUT2D eigenvalue weighted by atomic mass is 19.1. The minimum absolute atomic E-state index is 0.223. The first-order chi connectivity index (χ1) is 13.7. The van der Waals surface area contributed by atoms with Crippen LogP contribution < -0.4 is 4.57 Å². The molecule has 0 aliphatic heterocycles. The van der Waals surface area contributed by atoms with Crippen LogP contribution in [0.2, 0.25) is 0 Å². The number of halogens is 1. The number of aromatic nitrogens is 1. The molecular weight excluding hydrogens is 345 g/mol. The number of rotatable bonds is 4. The van der Waals surface area contributed by atoms with Crippen molar-refractivity contribution in [1.29, 1.82) is 0 Å². The summed E-state index contributed by atoms with van der Waals surface area (Å²) in [6.07, 6.45) is 6.28. The van der Waals surface area contributed by atoms with Crippen molar-refractivity contribution in [3.05, 3.63) is 114 Å². The van der Waals surface area contributed by atoms with Crippen LogP contribution in [0.1, 0.15) is 11.1 Å². The van der Waals surface area contributed by atoms with E-state index in [0.29, 0.717) is 0 Å². The van der Waals surface area contributed by atoms with E-state index in [4.69, 9.17) is 0 Å². The summed E-state index contributed by atoms with van der Waals surface area (Å²) < 4.78 is 15.4. The summed E-state index contributed by atoms with van der Waals surface area (Å²) in [6, 6.07) is 29.5. The van der Waals surface area contributed by atoms with E-state index in [1.807, 2.05) is 30.3 Å². The minimum Gasteiger partial charge on any atom is -0.207 e. The van der Waals surface area contributed by atoms with E-state index in [1.165, 1.54) is 17.7 Å². The van der Waals surface area contributed by atoms with Gasteiger partial charge >= 0.3 is 0 Å². The van der Waals surface area contributed by atoms with Gasteiger partial charge in [-0.15, -0.1) is 0 Å². The lowest BCUT2D eigenvalue weighted by Gasteiger charge is -2.08. The highest BCUT2D eigenvalue weighted by Crippen LogP contribution is 2.27. The Kier molecular flexibility index (Phi) is 5.11. The Morgan fingerprint density at radius 3 is 1.93 bits per heavy atom. The van der Waals surface area contributed by atoms with Crippen molar-refractivity contribution < 1.29 is 8.96 Å². The van der Waals surface area contributed by atoms with Crippen LogP contribution in [-0.4, -0.2) is 0 Å². The van der Waals surface area contributed by atoms with Crippen molar-refractivity contribution in [3.8, 4) is 22.4 Å². The Morgan fingerprint density at radius 2 is 1.29 bits per heavy atom. The van der Waals surface area contributed by atoms with Gasteiger partial charge in [0.15, 0.2) is 6.20 Å². The molecule has 0 unspecified atom stereocenters. The van der Waals surface area contributed by atoms with Crippen molar-refractivity contribution in [2.45, 2.75) is 0 Å². The molecular formula is C26H21FN+. The number of benzene rings is 3. The molecule has 0 saturated heterocycles. The van der Waals surface area contributed by atoms with E-state index < -0.39 is 0 Å². The fourth-order valence-electron chi connectivity index (χ4n) is 3.39. The van der Waals surface area contributed by atoms with Gasteiger partial charge in [-0.2, -0.15) is 4.57 Å². The molecule has 4 aromatic rings. The second kappa shape index (κ2) is 8.01. The van der Waals surface area contributed by atoms with Gasteiger partial charge in [-0.3, -0.25) is 0 Å². The first-order valence-electron chi connectivity index (χ1n) is 9.29. The molecule has 1 aromatic heterocycles. The molecule has 0 aliphatic carbocycles. The van der Waals surface area contributed by atoms with Crippen LogP contribution in [0.15, 0.2) is 97.2 Å². The van der Waals surface area contributed by atoms with Gasteiger partial charge in [0.1, 0.15) is 12.9 Å². The largest absolute Gasteiger partial charge is 0.219 e. The molecule has 0 saturated carbocycles. The molecule has 0 bridgehead atoms. The number of pyridine rings is 1. The highest BCUT2D eigenvalue weighted by Gasteiger charge is 2.17. The third-order valence-corrected chi connectivity index (χ3v) is 4.75. The Bertz CT molecular complexity index is 1100. The van der Waals surface area contributed by atoms with Crippen molar-refractivity contribution in [3.63, 3.8) is 0 Å². The predicted octanol–water partition coefficient (Wildman–Crippen LogP) is 6.15. The summed E-state index contributed by atoms with van der Waals surface area (Å²) in [4.78, 5) is 0. The topological polar surface area (TPSA) is 3.88 Å². The lowest BCUT2D eigenvalue weighted by atomic mass is 9.99. The predicted molar refractivity (Wildman–Crippen MR) is 114 cm³/mol. The molecule has 0 amide bonds. The summed E-state index contributed by atoms with van der Waals surface area (Å²) in [5.74, 6) is -0.223. The van der Waals surface area contributed by atoms with E-state index in [9.17, 15) is 4.39 Å². The SMILES string of the molecule is C[n+]1cc(-c2ccccc2)cc(/C=C/c2ccc(F)cc2)c1-c1ccccc1. The molecule has 0 spiro atoms. The van der Waals surface area contributed by atoms with Gasteiger partial charge in [-0.25, -0.2) is 4.39 Å². The zero-order valence-electron chi connectivity index (χ0n) is 15.7. The Morgan fingerprint density at radius 1 is 0.679 bits per heavy atom. The van der Waals surface area contributed by atoms with Gasteiger partial charge in [-0.05, 0) is 47.5 Å². The lowest BCUT2D eigenvalue weighted by Crippen LogP contribution is -2.31. The van der Waals surface area contributed by atoms with Gasteiger partial charge in [0.05, 0.1) is 0 Å². The molecule has 0 N–H and O–H groups in total. The van der Waals surface area contributed by atoms with E-state index >= 15 is 0 Å². The quantitative estimate of drug-likeness (QED) is 0.381. The van der Waals surface area contributed by atoms with Gasteiger partial charge in [0, 0.05) is 16.7 Å². The lowest BCUT2D eigenvalue weighted by molar-refractivity contribution is -0.660. The maximum atomic E-state index is 13.2. The summed E-state index contributed by atoms with van der Waals surface area (Å²) in [5.41, 5.74) is 6.70. The summed E-state index contributed by atoms with van der Waals surface area (Å²) in [7, 11) is 2.07. The molecule has 0 radical (unpaired) electrons. The maximum absolute atomic E-state index is 13.2. The number of nitrogens with zero attached hydrogens (tertiary/aromatic N) is 1. The standard InChI is InChI=1S/C26H21FN/c1-28-19-24(21-8-4-2-5-9-21)18-23(26(28)22-10-6-3-7-11-22)15-12-20-13-16-25(27)17-14-20/h2-19H,1H3/q+1/b15-12+. The van der Waals surface area contributed by atoms with E-state index in [-0.39, 0.29) is 5.82 Å². The Balaban J connectivity index is 1.85. The molecule has 0 atom stereocenters. The zero-order valence-corrected chi connectivity index (χ0v) is 15.7. The number of aryl methyl sites for hydroxylation is 1. The van der Waals surface area contributed by atoms with E-state index in [0.717, 1.165) is 27.9 Å². The van der Waals surface area contributed by atoms with Gasteiger partial charge in [0.2, 0.25) is 5.69 Å². The van der Waals surface area contributed by atoms with Gasteiger partial charge in [0.25, 0.3) is 0 Å². The average molecular weight is 366 g/mol. The van der Waals surface area contributed by atoms with Crippen molar-refractivity contribution in [2.75, 3.05) is 0 Å². The average Bonchev–Trinajstić information content (AvgIpc) is 2.74. The fourth-order valence-corrected chi connectivity index (χ4v) is 3.39. The molecule has 3 aromatic carbocycles. The normalized spacial score (nSPS) is 11.1. The Labute approximate surface area is 165 Å². The minimum atomic E-state index is -0.223. The summed E-state index contributed by atoms with van der Waals surface area (Å²) in [5, 5.41) is 0. The van der Waals surface area contributed by atoms with Crippen molar-refractivity contribution in [1.82, 2.24) is 0 Å². The van der Waals surface area contributed by atoms with Gasteiger partial charge < -0.3 is 0 Å². The number of hydrogen-bond donors (Lipinski definition) is 0. The molecule has 1 heterocycles. The van der Waals surface area contributed by atoms with Crippen LogP contribution in [0.25, 0.3) is 34.5 Å². The molecule has 1 nitrogen and oxygen atoms in total. The molecule has 0 aliphatic rings. The molecule has 0 fully saturated rings. The molecule has 2 heteroatoms. The Hall–Kier alpha value is -3.52. The van der Waals surface area contributed by atoms with Crippen LogP contribution in [-0.2, 0) is 7.05 Å². The molecule has 4 rings (SSSR count). The van der Waals surface area contributed by atoms with Crippen LogP contribution in [0.4, 0.5) is 4.39 Å². The van der Waals surface area contributed by atoms with E-state index in [2.05, 4.69) is 66.4 Å². The second-order valence-corrected chi connectivity index (χ2v) is 6.76. The fraction of sp³-hybridized carbons (Fsp3) is 0.0385. The first-order valence-corrected chi connectivity index (χ1v) is 9.29. The van der Waals surface area contributed by atoms with Crippen molar-refractivity contribution >= 4 is 12.2 Å². The van der Waals surface area contributed by atoms with Crippen molar-refractivity contribution in [2.24, 2.45) is 7.05 Å². The monoisotopic (exact) mass is 366 g/mol. The van der Waals surface area contributed by atoms with Gasteiger partial charge in [-0.1, -0.05) is 66.7 Å². The zero-order chi connectivity index (χ0) is 19.3. The highest BCUT2D eigenvalue weighted by molar-refractivity contribution is 5.80. The second-order valence-electron chi connectivity index (χ2n) is 6.76. The maximum Gasteiger partial charge on any atom is 0.219 e. The van der Waals surface area contributed by atoms with Crippen LogP contribution in [0.5, 0.6) is 0 Å². The van der Waals surface area contributed by atoms with Crippen LogP contribution in [0.3, 0.4) is 0 Å². The smallest absolute Gasteiger partial charge is 0.207 e. The summed E-state index contributed by atoms with van der Waals surface area (Å²) in [6.45, 7) is 0. The summed E-state index contributed by atoms with van der Waals surface area (Å²) >= 11 is 0.